The third-order valence-electron chi connectivity index (χ3n) is 6.60. The van der Waals surface area contributed by atoms with Crippen LogP contribution in [0.25, 0.3) is 0 Å². The molecular weight excluding hydrogens is 446 g/mol. The van der Waals surface area contributed by atoms with Gasteiger partial charge in [0.05, 0.1) is 20.1 Å². The standard InChI is InChI=1S/C26H33N5O4/c1-19-6-3-4-9-22(19)28-24(32)17-23-26(34)27-10-11-31(23)25(33)18-29-12-14-30(15-13-29)20-7-5-8-21(16-20)35-2/h3-9,16,23H,10-15,17-18H2,1-2H3,(H,27,34)(H,28,32)/t23-/m1/s1. The van der Waals surface area contributed by atoms with Gasteiger partial charge >= 0.3 is 0 Å². The summed E-state index contributed by atoms with van der Waals surface area (Å²) in [4.78, 5) is 44.4. The number of methoxy groups -OCH3 is 1. The molecular formula is C26H33N5O4. The topological polar surface area (TPSA) is 94.2 Å². The lowest BCUT2D eigenvalue weighted by Crippen LogP contribution is -2.60. The quantitative estimate of drug-likeness (QED) is 0.625. The predicted molar refractivity (Wildman–Crippen MR) is 135 cm³/mol. The van der Waals surface area contributed by atoms with Crippen molar-refractivity contribution in [2.75, 3.05) is 63.1 Å². The molecule has 35 heavy (non-hydrogen) atoms. The van der Waals surface area contributed by atoms with Gasteiger partial charge in [0.2, 0.25) is 17.7 Å². The van der Waals surface area contributed by atoms with E-state index in [1.54, 1.807) is 12.0 Å². The number of hydrogen-bond donors (Lipinski definition) is 2. The van der Waals surface area contributed by atoms with Crippen LogP contribution in [0.1, 0.15) is 12.0 Å². The first-order chi connectivity index (χ1) is 16.9. The van der Waals surface area contributed by atoms with Gasteiger partial charge in [0.1, 0.15) is 11.8 Å². The number of carbonyl (C=O) groups excluding carboxylic acids is 3. The molecule has 2 N–H and O–H groups in total. The van der Waals surface area contributed by atoms with Gasteiger partial charge in [-0.15, -0.1) is 0 Å². The van der Waals surface area contributed by atoms with Crippen molar-refractivity contribution >= 4 is 29.1 Å². The third-order valence-corrected chi connectivity index (χ3v) is 6.60. The summed E-state index contributed by atoms with van der Waals surface area (Å²) in [5, 5.41) is 5.66. The van der Waals surface area contributed by atoms with Gasteiger partial charge in [0, 0.05) is 56.7 Å². The second-order valence-corrected chi connectivity index (χ2v) is 8.93. The van der Waals surface area contributed by atoms with E-state index in [0.29, 0.717) is 18.8 Å². The average Bonchev–Trinajstić information content (AvgIpc) is 2.87. The number of carbonyl (C=O) groups is 3. The van der Waals surface area contributed by atoms with Crippen LogP contribution in [0.4, 0.5) is 11.4 Å². The highest BCUT2D eigenvalue weighted by Gasteiger charge is 2.35. The predicted octanol–water partition coefficient (Wildman–Crippen LogP) is 1.48. The van der Waals surface area contributed by atoms with Crippen LogP contribution in [0, 0.1) is 6.92 Å². The minimum Gasteiger partial charge on any atom is -0.497 e. The van der Waals surface area contributed by atoms with Crippen LogP contribution in [0.2, 0.25) is 0 Å². The highest BCUT2D eigenvalue weighted by Crippen LogP contribution is 2.22. The molecule has 0 saturated carbocycles. The summed E-state index contributed by atoms with van der Waals surface area (Å²) in [6, 6.07) is 14.6. The number of nitrogens with zero attached hydrogens (tertiary/aromatic N) is 3. The first-order valence-corrected chi connectivity index (χ1v) is 12.0. The largest absolute Gasteiger partial charge is 0.497 e. The lowest BCUT2D eigenvalue weighted by molar-refractivity contribution is -0.145. The molecule has 9 heteroatoms. The number of amides is 3. The van der Waals surface area contributed by atoms with Gasteiger partial charge in [-0.1, -0.05) is 24.3 Å². The first-order valence-electron chi connectivity index (χ1n) is 12.0. The van der Waals surface area contributed by atoms with E-state index < -0.39 is 6.04 Å². The molecule has 0 bridgehead atoms. The molecule has 2 heterocycles. The van der Waals surface area contributed by atoms with Gasteiger partial charge in [-0.25, -0.2) is 0 Å². The molecule has 0 spiro atoms. The van der Waals surface area contributed by atoms with Crippen molar-refractivity contribution in [1.82, 2.24) is 15.1 Å². The number of para-hydroxylation sites is 1. The summed E-state index contributed by atoms with van der Waals surface area (Å²) in [6.45, 7) is 6.00. The molecule has 0 aliphatic carbocycles. The number of hydrogen-bond acceptors (Lipinski definition) is 6. The third kappa shape index (κ3) is 6.10. The van der Waals surface area contributed by atoms with Crippen LogP contribution < -0.4 is 20.3 Å². The summed E-state index contributed by atoms with van der Waals surface area (Å²) in [5.74, 6) is 0.128. The van der Waals surface area contributed by atoms with Gasteiger partial charge in [0.25, 0.3) is 0 Å². The van der Waals surface area contributed by atoms with Crippen LogP contribution in [0.15, 0.2) is 48.5 Å². The van der Waals surface area contributed by atoms with Crippen LogP contribution in [0.5, 0.6) is 5.75 Å². The van der Waals surface area contributed by atoms with Gasteiger partial charge in [0.15, 0.2) is 0 Å². The summed E-state index contributed by atoms with van der Waals surface area (Å²) in [7, 11) is 1.66. The van der Waals surface area contributed by atoms with Gasteiger partial charge in [-0.05, 0) is 30.7 Å². The zero-order chi connectivity index (χ0) is 24.8. The van der Waals surface area contributed by atoms with Crippen molar-refractivity contribution in [2.24, 2.45) is 0 Å². The van der Waals surface area contributed by atoms with E-state index in [2.05, 4.69) is 26.5 Å². The molecule has 2 aliphatic rings. The van der Waals surface area contributed by atoms with Crippen molar-refractivity contribution in [3.8, 4) is 5.75 Å². The van der Waals surface area contributed by atoms with E-state index in [4.69, 9.17) is 4.74 Å². The van der Waals surface area contributed by atoms with Crippen LogP contribution in [0.3, 0.4) is 0 Å². The maximum absolute atomic E-state index is 13.2. The Morgan fingerprint density at radius 1 is 1.06 bits per heavy atom. The highest BCUT2D eigenvalue weighted by molar-refractivity contribution is 5.98. The number of anilines is 2. The van der Waals surface area contributed by atoms with Crippen molar-refractivity contribution < 1.29 is 19.1 Å². The summed E-state index contributed by atoms with van der Waals surface area (Å²) in [6.07, 6.45) is -0.0739. The smallest absolute Gasteiger partial charge is 0.243 e. The zero-order valence-corrected chi connectivity index (χ0v) is 20.3. The molecule has 2 fully saturated rings. The molecule has 4 rings (SSSR count). The second-order valence-electron chi connectivity index (χ2n) is 8.93. The van der Waals surface area contributed by atoms with E-state index in [1.165, 1.54) is 0 Å². The minimum atomic E-state index is -0.807. The average molecular weight is 480 g/mol. The van der Waals surface area contributed by atoms with E-state index in [0.717, 1.165) is 43.2 Å². The molecule has 2 aromatic carbocycles. The Bertz CT molecular complexity index is 1070. The van der Waals surface area contributed by atoms with Crippen molar-refractivity contribution in [2.45, 2.75) is 19.4 Å². The monoisotopic (exact) mass is 479 g/mol. The lowest BCUT2D eigenvalue weighted by atomic mass is 10.1. The molecule has 186 valence electrons. The van der Waals surface area contributed by atoms with Gasteiger partial charge in [-0.3, -0.25) is 19.3 Å². The molecule has 9 nitrogen and oxygen atoms in total. The van der Waals surface area contributed by atoms with Crippen molar-refractivity contribution in [3.63, 3.8) is 0 Å². The van der Waals surface area contributed by atoms with Crippen LogP contribution in [-0.2, 0) is 14.4 Å². The van der Waals surface area contributed by atoms with Crippen LogP contribution in [-0.4, -0.2) is 86.5 Å². The second kappa shape index (κ2) is 11.2. The van der Waals surface area contributed by atoms with E-state index in [1.807, 2.05) is 49.4 Å². The first kappa shape index (κ1) is 24.5. The Morgan fingerprint density at radius 2 is 1.83 bits per heavy atom. The zero-order valence-electron chi connectivity index (χ0n) is 20.3. The maximum atomic E-state index is 13.2. The van der Waals surface area contributed by atoms with Crippen molar-refractivity contribution in [3.05, 3.63) is 54.1 Å². The fourth-order valence-corrected chi connectivity index (χ4v) is 4.56. The number of benzene rings is 2. The molecule has 2 saturated heterocycles. The Balaban J connectivity index is 1.33. The fraction of sp³-hybridized carbons (Fsp3) is 0.423. The summed E-state index contributed by atoms with van der Waals surface area (Å²) in [5.41, 5.74) is 2.75. The molecule has 1 atom stereocenters. The normalized spacial score (nSPS) is 18.7. The maximum Gasteiger partial charge on any atom is 0.243 e. The SMILES string of the molecule is COc1cccc(N2CCN(CC(=O)N3CCNC(=O)[C@H]3CC(=O)Nc3ccccc3C)CC2)c1. The van der Waals surface area contributed by atoms with E-state index in [9.17, 15) is 14.4 Å². The summed E-state index contributed by atoms with van der Waals surface area (Å²) < 4.78 is 5.32. The molecule has 2 aromatic rings. The molecule has 0 aromatic heterocycles. The van der Waals surface area contributed by atoms with Crippen molar-refractivity contribution in [1.29, 1.82) is 0 Å². The number of nitrogens with one attached hydrogen (secondary N) is 2. The summed E-state index contributed by atoms with van der Waals surface area (Å²) >= 11 is 0. The number of aryl methyl sites for hydroxylation is 1. The van der Waals surface area contributed by atoms with Gasteiger partial charge in [-0.2, -0.15) is 0 Å². The Hall–Kier alpha value is -3.59. The molecule has 0 unspecified atom stereocenters. The number of rotatable bonds is 7. The minimum absolute atomic E-state index is 0.0739. The highest BCUT2D eigenvalue weighted by atomic mass is 16.5. The Labute approximate surface area is 206 Å². The fourth-order valence-electron chi connectivity index (χ4n) is 4.56. The Morgan fingerprint density at radius 3 is 2.57 bits per heavy atom. The van der Waals surface area contributed by atoms with Crippen LogP contribution >= 0.6 is 0 Å². The molecule has 2 aliphatic heterocycles. The molecule has 3 amide bonds. The lowest BCUT2D eigenvalue weighted by Gasteiger charge is -2.39. The van der Waals surface area contributed by atoms with E-state index >= 15 is 0 Å². The number of ether oxygens (including phenoxy) is 1. The Kier molecular flexibility index (Phi) is 7.87. The van der Waals surface area contributed by atoms with E-state index in [-0.39, 0.29) is 30.7 Å². The molecule has 0 radical (unpaired) electrons. The van der Waals surface area contributed by atoms with Gasteiger partial charge < -0.3 is 25.2 Å². The number of piperazine rings is 2.